The normalized spacial score (nSPS) is 11.4. The molecule has 5 rings (SSSR count). The Morgan fingerprint density at radius 3 is 1.90 bits per heavy atom. The van der Waals surface area contributed by atoms with Crippen molar-refractivity contribution in [3.05, 3.63) is 155 Å². The van der Waals surface area contributed by atoms with Crippen molar-refractivity contribution in [2.75, 3.05) is 11.9 Å². The number of hydrogen-bond acceptors (Lipinski definition) is 6. The monoisotopic (exact) mass is 697 g/mol. The third-order valence-electron chi connectivity index (χ3n) is 8.02. The number of esters is 1. The Morgan fingerprint density at radius 1 is 0.667 bits per heavy atom. The summed E-state index contributed by atoms with van der Waals surface area (Å²) in [5.74, 6) is -4.73. The van der Waals surface area contributed by atoms with Gasteiger partial charge in [-0.15, -0.1) is 0 Å². The Balaban J connectivity index is 1.38. The average molecular weight is 698 g/mol. The first kappa shape index (κ1) is 35.9. The number of benzene rings is 5. The molecule has 0 spiro atoms. The third kappa shape index (κ3) is 8.42. The molecule has 0 unspecified atom stereocenters. The maximum Gasteiger partial charge on any atom is 0.416 e. The molecule has 0 saturated carbocycles. The van der Waals surface area contributed by atoms with Crippen LogP contribution in [0.15, 0.2) is 127 Å². The summed E-state index contributed by atoms with van der Waals surface area (Å²) in [5.41, 5.74) is -1.10. The molecule has 0 atom stereocenters. The van der Waals surface area contributed by atoms with Crippen molar-refractivity contribution in [3.8, 4) is 16.9 Å². The molecule has 0 heterocycles. The maximum atomic E-state index is 13.6. The van der Waals surface area contributed by atoms with Gasteiger partial charge in [0.1, 0.15) is 19.0 Å². The summed E-state index contributed by atoms with van der Waals surface area (Å²) in [6.45, 7) is -0.888. The molecular formula is C39H30F3NO8. The topological polar surface area (TPSA) is 139 Å². The molecule has 0 aromatic heterocycles. The number of ether oxygens (including phenoxy) is 2. The summed E-state index contributed by atoms with van der Waals surface area (Å²) in [6.07, 6.45) is -4.91. The van der Waals surface area contributed by atoms with Crippen molar-refractivity contribution >= 4 is 29.5 Å². The lowest BCUT2D eigenvalue weighted by Crippen LogP contribution is -2.48. The van der Waals surface area contributed by atoms with Gasteiger partial charge in [0.25, 0.3) is 5.91 Å². The number of carboxylic acid groups (broad SMARTS) is 2. The molecule has 0 radical (unpaired) electrons. The maximum absolute atomic E-state index is 13.6. The Bertz CT molecular complexity index is 2020. The number of aliphatic carboxylic acids is 2. The molecular weight excluding hydrogens is 667 g/mol. The first-order valence-corrected chi connectivity index (χ1v) is 15.4. The highest BCUT2D eigenvalue weighted by Gasteiger charge is 2.50. The van der Waals surface area contributed by atoms with Crippen LogP contribution >= 0.6 is 0 Å². The van der Waals surface area contributed by atoms with E-state index in [1.807, 2.05) is 30.3 Å². The molecule has 5 aromatic carbocycles. The van der Waals surface area contributed by atoms with Crippen molar-refractivity contribution in [1.82, 2.24) is 0 Å². The van der Waals surface area contributed by atoms with Crippen molar-refractivity contribution in [2.24, 2.45) is 0 Å². The number of alkyl halides is 3. The minimum atomic E-state index is -4.52. The van der Waals surface area contributed by atoms with Crippen molar-refractivity contribution < 1.29 is 52.0 Å². The van der Waals surface area contributed by atoms with E-state index in [0.29, 0.717) is 16.7 Å². The van der Waals surface area contributed by atoms with Gasteiger partial charge in [0.05, 0.1) is 17.7 Å². The third-order valence-corrected chi connectivity index (χ3v) is 8.02. The van der Waals surface area contributed by atoms with Crippen LogP contribution in [0.4, 0.5) is 18.9 Å². The number of carbonyl (C=O) groups excluding carboxylic acids is 2. The Morgan fingerprint density at radius 2 is 1.27 bits per heavy atom. The molecule has 9 nitrogen and oxygen atoms in total. The van der Waals surface area contributed by atoms with Crippen LogP contribution in [0.2, 0.25) is 0 Å². The van der Waals surface area contributed by atoms with E-state index in [-0.39, 0.29) is 29.2 Å². The van der Waals surface area contributed by atoms with Crippen molar-refractivity contribution in [3.63, 3.8) is 0 Å². The van der Waals surface area contributed by atoms with E-state index in [1.54, 1.807) is 24.3 Å². The predicted molar refractivity (Wildman–Crippen MR) is 180 cm³/mol. The van der Waals surface area contributed by atoms with Gasteiger partial charge in [-0.2, -0.15) is 13.2 Å². The second-order valence-electron chi connectivity index (χ2n) is 11.4. The smallest absolute Gasteiger partial charge is 0.416 e. The van der Waals surface area contributed by atoms with Gasteiger partial charge in [-0.3, -0.25) is 19.2 Å². The van der Waals surface area contributed by atoms with Crippen LogP contribution < -0.4 is 10.1 Å². The summed E-state index contributed by atoms with van der Waals surface area (Å²) in [6, 6.07) is 31.6. The van der Waals surface area contributed by atoms with Gasteiger partial charge in [0.15, 0.2) is 0 Å². The minimum Gasteiger partial charge on any atom is -0.487 e. The molecule has 0 bridgehead atoms. The number of rotatable bonds is 13. The van der Waals surface area contributed by atoms with Gasteiger partial charge in [0, 0.05) is 5.56 Å². The second-order valence-corrected chi connectivity index (χ2v) is 11.4. The molecule has 260 valence electrons. The van der Waals surface area contributed by atoms with E-state index < -0.39 is 54.0 Å². The zero-order chi connectivity index (χ0) is 36.6. The first-order valence-electron chi connectivity index (χ1n) is 15.4. The standard InChI is InChI=1S/C39H30F3NO8/c40-39(41,42)29-18-16-27(17-19-29)30-13-7-8-14-31(30)35(45)43-32-20-15-26(21-33(32)50-23-25-9-3-1-4-10-25)22-34(44)51-24-38(36(46)47,37(48)49)28-11-5-2-6-12-28/h1-21H,22-24H2,(H,43,45)(H,46,47)(H,48,49). The summed E-state index contributed by atoms with van der Waals surface area (Å²) < 4.78 is 50.7. The second kappa shape index (κ2) is 15.4. The zero-order valence-corrected chi connectivity index (χ0v) is 26.7. The number of anilines is 1. The van der Waals surface area contributed by atoms with Crippen LogP contribution in [-0.2, 0) is 43.7 Å². The van der Waals surface area contributed by atoms with Crippen LogP contribution in [0.3, 0.4) is 0 Å². The molecule has 1 amide bonds. The molecule has 0 saturated heterocycles. The van der Waals surface area contributed by atoms with E-state index >= 15 is 0 Å². The van der Waals surface area contributed by atoms with Gasteiger partial charge < -0.3 is 25.0 Å². The number of halogens is 3. The van der Waals surface area contributed by atoms with E-state index in [9.17, 15) is 42.6 Å². The number of carboxylic acids is 2. The molecule has 12 heteroatoms. The van der Waals surface area contributed by atoms with E-state index in [1.165, 1.54) is 60.7 Å². The summed E-state index contributed by atoms with van der Waals surface area (Å²) in [5, 5.41) is 22.6. The van der Waals surface area contributed by atoms with Crippen LogP contribution in [0, 0.1) is 0 Å². The summed E-state index contributed by atoms with van der Waals surface area (Å²) >= 11 is 0. The highest BCUT2D eigenvalue weighted by Crippen LogP contribution is 2.33. The Hall–Kier alpha value is -6.43. The lowest BCUT2D eigenvalue weighted by molar-refractivity contribution is -0.164. The molecule has 0 aliphatic carbocycles. The molecule has 0 aliphatic rings. The van der Waals surface area contributed by atoms with E-state index in [0.717, 1.165) is 17.7 Å². The minimum absolute atomic E-state index is 0.0746. The average Bonchev–Trinajstić information content (AvgIpc) is 3.12. The van der Waals surface area contributed by atoms with E-state index in [2.05, 4.69) is 5.32 Å². The molecule has 0 fully saturated rings. The predicted octanol–water partition coefficient (Wildman–Crippen LogP) is 7.40. The highest BCUT2D eigenvalue weighted by atomic mass is 19.4. The largest absolute Gasteiger partial charge is 0.487 e. The van der Waals surface area contributed by atoms with Crippen LogP contribution in [0.1, 0.15) is 32.6 Å². The van der Waals surface area contributed by atoms with Crippen molar-refractivity contribution in [2.45, 2.75) is 24.6 Å². The fourth-order valence-electron chi connectivity index (χ4n) is 5.27. The lowest BCUT2D eigenvalue weighted by Gasteiger charge is -2.25. The number of nitrogens with one attached hydrogen (secondary N) is 1. The summed E-state index contributed by atoms with van der Waals surface area (Å²) in [7, 11) is 0. The van der Waals surface area contributed by atoms with Crippen LogP contribution in [0.25, 0.3) is 11.1 Å². The Labute approximate surface area is 289 Å². The van der Waals surface area contributed by atoms with Gasteiger partial charge in [0.2, 0.25) is 5.41 Å². The van der Waals surface area contributed by atoms with E-state index in [4.69, 9.17) is 9.47 Å². The lowest BCUT2D eigenvalue weighted by atomic mass is 9.81. The highest BCUT2D eigenvalue weighted by molar-refractivity contribution is 6.09. The zero-order valence-electron chi connectivity index (χ0n) is 26.7. The quantitative estimate of drug-likeness (QED) is 0.0855. The van der Waals surface area contributed by atoms with Gasteiger partial charge in [-0.1, -0.05) is 97.1 Å². The Kier molecular flexibility index (Phi) is 10.8. The van der Waals surface area contributed by atoms with Crippen molar-refractivity contribution in [1.29, 1.82) is 0 Å². The number of hydrogen-bond donors (Lipinski definition) is 3. The molecule has 3 N–H and O–H groups in total. The molecule has 51 heavy (non-hydrogen) atoms. The SMILES string of the molecule is O=C(Cc1ccc(NC(=O)c2ccccc2-c2ccc(C(F)(F)F)cc2)c(OCc2ccccc2)c1)OCC(C(=O)O)(C(=O)O)c1ccccc1. The fraction of sp³-hybridized carbons (Fsp3) is 0.128. The van der Waals surface area contributed by atoms with Crippen LogP contribution in [-0.4, -0.2) is 40.6 Å². The van der Waals surface area contributed by atoms with Gasteiger partial charge in [-0.05, 0) is 58.1 Å². The van der Waals surface area contributed by atoms with Crippen LogP contribution in [0.5, 0.6) is 5.75 Å². The number of carbonyl (C=O) groups is 4. The summed E-state index contributed by atoms with van der Waals surface area (Å²) in [4.78, 5) is 50.9. The van der Waals surface area contributed by atoms with Gasteiger partial charge >= 0.3 is 24.1 Å². The number of amides is 1. The first-order chi connectivity index (χ1) is 24.4. The molecule has 0 aliphatic heterocycles. The molecule has 5 aromatic rings. The van der Waals surface area contributed by atoms with Gasteiger partial charge in [-0.25, -0.2) is 0 Å². The fourth-order valence-corrected chi connectivity index (χ4v) is 5.27.